The summed E-state index contributed by atoms with van der Waals surface area (Å²) in [5.41, 5.74) is 1.85. The van der Waals surface area contributed by atoms with Crippen molar-refractivity contribution < 1.29 is 15.3 Å². The van der Waals surface area contributed by atoms with Gasteiger partial charge in [0.25, 0.3) is 0 Å². The van der Waals surface area contributed by atoms with Gasteiger partial charge in [-0.3, -0.25) is 0 Å². The lowest BCUT2D eigenvalue weighted by molar-refractivity contribution is 0.122. The Morgan fingerprint density at radius 1 is 0.955 bits per heavy atom. The van der Waals surface area contributed by atoms with Crippen LogP contribution in [0.4, 0.5) is 0 Å². The van der Waals surface area contributed by atoms with Crippen molar-refractivity contribution in [3.05, 3.63) is 36.4 Å². The second kappa shape index (κ2) is 5.51. The van der Waals surface area contributed by atoms with Crippen LogP contribution in [0.5, 0.6) is 11.5 Å². The van der Waals surface area contributed by atoms with Gasteiger partial charge in [0.1, 0.15) is 11.5 Å². The average molecular weight is 300 g/mol. The molecule has 5 nitrogen and oxygen atoms in total. The number of fused-ring (bicyclic) bond motifs is 3. The van der Waals surface area contributed by atoms with E-state index < -0.39 is 6.10 Å². The molecule has 3 N–H and O–H groups in total. The fourth-order valence-corrected chi connectivity index (χ4v) is 2.97. The summed E-state index contributed by atoms with van der Waals surface area (Å²) in [6.45, 7) is 1.02. The van der Waals surface area contributed by atoms with Crippen LogP contribution in [0, 0.1) is 0 Å². The molecule has 0 spiro atoms. The van der Waals surface area contributed by atoms with Crippen molar-refractivity contribution in [3.63, 3.8) is 0 Å². The summed E-state index contributed by atoms with van der Waals surface area (Å²) in [6.07, 6.45) is -0.503. The first-order valence-corrected chi connectivity index (χ1v) is 7.22. The highest BCUT2D eigenvalue weighted by atomic mass is 16.3. The predicted octanol–water partition coefficient (Wildman–Crippen LogP) is 2.13. The van der Waals surface area contributed by atoms with Crippen LogP contribution in [0.1, 0.15) is 0 Å². The third-order valence-corrected chi connectivity index (χ3v) is 3.80. The number of aromatic hydroxyl groups is 2. The molecular formula is C17H20N2O3. The third-order valence-electron chi connectivity index (χ3n) is 3.80. The molecule has 1 unspecified atom stereocenters. The van der Waals surface area contributed by atoms with Crippen molar-refractivity contribution in [3.8, 4) is 11.5 Å². The molecule has 3 aromatic rings. The summed E-state index contributed by atoms with van der Waals surface area (Å²) in [4.78, 5) is 1.94. The van der Waals surface area contributed by atoms with E-state index in [4.69, 9.17) is 0 Å². The van der Waals surface area contributed by atoms with Crippen LogP contribution in [0.15, 0.2) is 36.4 Å². The Morgan fingerprint density at radius 3 is 1.91 bits per heavy atom. The maximum absolute atomic E-state index is 10.3. The fraction of sp³-hybridized carbons (Fsp3) is 0.294. The number of likely N-dealkylation sites (N-methyl/N-ethyl adjacent to an activating group) is 1. The van der Waals surface area contributed by atoms with Gasteiger partial charge in [0.2, 0.25) is 0 Å². The lowest BCUT2D eigenvalue weighted by Gasteiger charge is -2.17. The fourth-order valence-electron chi connectivity index (χ4n) is 2.97. The summed E-state index contributed by atoms with van der Waals surface area (Å²) in [7, 11) is 3.84. The molecule has 0 saturated carbocycles. The number of hydrogen-bond donors (Lipinski definition) is 3. The van der Waals surface area contributed by atoms with E-state index in [1.807, 2.05) is 35.7 Å². The molecule has 1 atom stereocenters. The Balaban J connectivity index is 2.18. The molecule has 0 aliphatic carbocycles. The largest absolute Gasteiger partial charge is 0.508 e. The highest BCUT2D eigenvalue weighted by molar-refractivity contribution is 6.09. The molecule has 0 aliphatic heterocycles. The van der Waals surface area contributed by atoms with Gasteiger partial charge >= 0.3 is 0 Å². The Kier molecular flexibility index (Phi) is 3.68. The molecule has 22 heavy (non-hydrogen) atoms. The number of aliphatic hydroxyl groups excluding tert-OH is 1. The Morgan fingerprint density at radius 2 is 1.45 bits per heavy atom. The molecule has 0 saturated heterocycles. The Bertz CT molecular complexity index is 764. The van der Waals surface area contributed by atoms with Gasteiger partial charge in [0.05, 0.1) is 12.6 Å². The van der Waals surface area contributed by atoms with E-state index in [0.717, 1.165) is 21.8 Å². The van der Waals surface area contributed by atoms with Crippen molar-refractivity contribution in [1.29, 1.82) is 0 Å². The van der Waals surface area contributed by atoms with Crippen molar-refractivity contribution in [1.82, 2.24) is 9.47 Å². The summed E-state index contributed by atoms with van der Waals surface area (Å²) >= 11 is 0. The van der Waals surface area contributed by atoms with Crippen LogP contribution < -0.4 is 0 Å². The van der Waals surface area contributed by atoms with E-state index in [1.54, 1.807) is 24.3 Å². The van der Waals surface area contributed by atoms with E-state index >= 15 is 0 Å². The Labute approximate surface area is 128 Å². The number of hydrogen-bond acceptors (Lipinski definition) is 4. The molecule has 0 bridgehead atoms. The molecule has 3 rings (SSSR count). The first-order chi connectivity index (χ1) is 10.5. The number of nitrogens with zero attached hydrogens (tertiary/aromatic N) is 2. The number of benzene rings is 2. The second-order valence-electron chi connectivity index (χ2n) is 5.93. The zero-order valence-corrected chi connectivity index (χ0v) is 12.7. The molecule has 2 aromatic carbocycles. The molecule has 5 heteroatoms. The van der Waals surface area contributed by atoms with E-state index in [-0.39, 0.29) is 11.5 Å². The standard InChI is InChI=1S/C17H20N2O3/c1-18(2)9-13(22)10-19-16-5-3-11(20)7-14(16)15-8-12(21)4-6-17(15)19/h3-8,13,20-22H,9-10H2,1-2H3. The van der Waals surface area contributed by atoms with Gasteiger partial charge in [-0.2, -0.15) is 0 Å². The van der Waals surface area contributed by atoms with Gasteiger partial charge < -0.3 is 24.8 Å². The first-order valence-electron chi connectivity index (χ1n) is 7.22. The zero-order chi connectivity index (χ0) is 15.9. The van der Waals surface area contributed by atoms with Crippen LogP contribution in [0.25, 0.3) is 21.8 Å². The minimum absolute atomic E-state index is 0.184. The van der Waals surface area contributed by atoms with Gasteiger partial charge in [-0.25, -0.2) is 0 Å². The number of rotatable bonds is 4. The summed E-state index contributed by atoms with van der Waals surface area (Å²) in [5.74, 6) is 0.368. The van der Waals surface area contributed by atoms with Crippen LogP contribution >= 0.6 is 0 Å². The van der Waals surface area contributed by atoms with E-state index in [0.29, 0.717) is 13.1 Å². The van der Waals surface area contributed by atoms with Crippen molar-refractivity contribution >= 4 is 21.8 Å². The number of aliphatic hydroxyl groups is 1. The predicted molar refractivity (Wildman–Crippen MR) is 87.3 cm³/mol. The van der Waals surface area contributed by atoms with Crippen molar-refractivity contribution in [2.75, 3.05) is 20.6 Å². The SMILES string of the molecule is CN(C)CC(O)Cn1c2ccc(O)cc2c2cc(O)ccc21. The molecule has 0 radical (unpaired) electrons. The van der Waals surface area contributed by atoms with Crippen LogP contribution in [-0.4, -0.2) is 51.5 Å². The number of aromatic nitrogens is 1. The monoisotopic (exact) mass is 300 g/mol. The quantitative estimate of drug-likeness (QED) is 0.690. The minimum atomic E-state index is -0.503. The van der Waals surface area contributed by atoms with Crippen molar-refractivity contribution in [2.24, 2.45) is 0 Å². The highest BCUT2D eigenvalue weighted by Gasteiger charge is 2.15. The maximum atomic E-state index is 10.3. The average Bonchev–Trinajstić information content (AvgIpc) is 2.71. The molecule has 1 heterocycles. The molecule has 116 valence electrons. The molecular weight excluding hydrogens is 280 g/mol. The third kappa shape index (κ3) is 2.61. The highest BCUT2D eigenvalue weighted by Crippen LogP contribution is 2.33. The molecule has 0 aliphatic rings. The number of phenols is 2. The summed E-state index contributed by atoms with van der Waals surface area (Å²) in [5, 5.41) is 31.5. The maximum Gasteiger partial charge on any atom is 0.116 e. The van der Waals surface area contributed by atoms with Gasteiger partial charge in [-0.1, -0.05) is 0 Å². The summed E-state index contributed by atoms with van der Waals surface area (Å²) < 4.78 is 2.03. The molecule has 0 amide bonds. The van der Waals surface area contributed by atoms with E-state index in [2.05, 4.69) is 0 Å². The Hall–Kier alpha value is -2.24. The minimum Gasteiger partial charge on any atom is -0.508 e. The normalized spacial score (nSPS) is 13.3. The van der Waals surface area contributed by atoms with Gasteiger partial charge in [0, 0.05) is 28.4 Å². The topological polar surface area (TPSA) is 68.9 Å². The lowest BCUT2D eigenvalue weighted by Crippen LogP contribution is -2.29. The van der Waals surface area contributed by atoms with Crippen LogP contribution in [-0.2, 0) is 6.54 Å². The lowest BCUT2D eigenvalue weighted by atomic mass is 10.1. The van der Waals surface area contributed by atoms with Crippen LogP contribution in [0.3, 0.4) is 0 Å². The van der Waals surface area contributed by atoms with E-state index in [1.165, 1.54) is 0 Å². The van der Waals surface area contributed by atoms with Gasteiger partial charge in [-0.05, 0) is 50.5 Å². The zero-order valence-electron chi connectivity index (χ0n) is 12.7. The second-order valence-corrected chi connectivity index (χ2v) is 5.93. The van der Waals surface area contributed by atoms with E-state index in [9.17, 15) is 15.3 Å². The van der Waals surface area contributed by atoms with Gasteiger partial charge in [0.15, 0.2) is 0 Å². The molecule has 0 fully saturated rings. The van der Waals surface area contributed by atoms with Crippen molar-refractivity contribution in [2.45, 2.75) is 12.6 Å². The molecule has 1 aromatic heterocycles. The van der Waals surface area contributed by atoms with Gasteiger partial charge in [-0.15, -0.1) is 0 Å². The smallest absolute Gasteiger partial charge is 0.116 e. The van der Waals surface area contributed by atoms with Crippen LogP contribution in [0.2, 0.25) is 0 Å². The number of phenolic OH excluding ortho intramolecular Hbond substituents is 2. The first kappa shape index (κ1) is 14.7. The summed E-state index contributed by atoms with van der Waals surface area (Å²) in [6, 6.07) is 10.3.